The number of halogens is 4. The molecular weight excluding hydrogens is 234 g/mol. The van der Waals surface area contributed by atoms with Crippen LogP contribution in [-0.4, -0.2) is 0 Å². The van der Waals surface area contributed by atoms with Crippen molar-refractivity contribution in [3.05, 3.63) is 35.1 Å². The van der Waals surface area contributed by atoms with E-state index in [4.69, 9.17) is 5.73 Å². The molecule has 0 amide bonds. The summed E-state index contributed by atoms with van der Waals surface area (Å²) in [5.74, 6) is -0.706. The quantitative estimate of drug-likeness (QED) is 0.793. The fourth-order valence-electron chi connectivity index (χ4n) is 2.04. The molecule has 0 bridgehead atoms. The van der Waals surface area contributed by atoms with E-state index in [0.29, 0.717) is 6.07 Å². The minimum Gasteiger partial charge on any atom is -0.324 e. The fraction of sp³-hybridized carbons (Fsp3) is 0.500. The van der Waals surface area contributed by atoms with Crippen LogP contribution in [0.2, 0.25) is 0 Å². The SMILES string of the molecule is N[C@H](c1cc(F)cc(C(F)(F)F)c1)C1CCC1. The molecule has 0 aromatic heterocycles. The molecule has 94 valence electrons. The van der Waals surface area contributed by atoms with Crippen molar-refractivity contribution in [2.75, 3.05) is 0 Å². The highest BCUT2D eigenvalue weighted by Gasteiger charge is 2.33. The summed E-state index contributed by atoms with van der Waals surface area (Å²) in [6, 6.07) is 2.04. The molecule has 1 aromatic carbocycles. The van der Waals surface area contributed by atoms with E-state index in [9.17, 15) is 17.6 Å². The molecule has 0 unspecified atom stereocenters. The monoisotopic (exact) mass is 247 g/mol. The third kappa shape index (κ3) is 2.60. The summed E-state index contributed by atoms with van der Waals surface area (Å²) in [5, 5.41) is 0. The van der Waals surface area contributed by atoms with Gasteiger partial charge < -0.3 is 5.73 Å². The number of alkyl halides is 3. The molecule has 1 nitrogen and oxygen atoms in total. The highest BCUT2D eigenvalue weighted by atomic mass is 19.4. The Hall–Kier alpha value is -1.10. The third-order valence-electron chi connectivity index (χ3n) is 3.29. The largest absolute Gasteiger partial charge is 0.416 e. The van der Waals surface area contributed by atoms with E-state index in [0.717, 1.165) is 31.4 Å². The first-order valence-electron chi connectivity index (χ1n) is 5.51. The van der Waals surface area contributed by atoms with Crippen LogP contribution in [0.5, 0.6) is 0 Å². The average molecular weight is 247 g/mol. The first kappa shape index (κ1) is 12.4. The molecule has 1 aromatic rings. The van der Waals surface area contributed by atoms with Gasteiger partial charge in [-0.2, -0.15) is 13.2 Å². The smallest absolute Gasteiger partial charge is 0.324 e. The van der Waals surface area contributed by atoms with Gasteiger partial charge in [-0.3, -0.25) is 0 Å². The van der Waals surface area contributed by atoms with Crippen LogP contribution in [0, 0.1) is 11.7 Å². The van der Waals surface area contributed by atoms with Crippen LogP contribution in [0.15, 0.2) is 18.2 Å². The highest BCUT2D eigenvalue weighted by Crippen LogP contribution is 2.38. The van der Waals surface area contributed by atoms with E-state index in [-0.39, 0.29) is 11.5 Å². The second-order valence-corrected chi connectivity index (χ2v) is 4.49. The lowest BCUT2D eigenvalue weighted by atomic mass is 9.77. The summed E-state index contributed by atoms with van der Waals surface area (Å²) < 4.78 is 50.7. The van der Waals surface area contributed by atoms with Crippen molar-refractivity contribution in [1.82, 2.24) is 0 Å². The molecule has 0 radical (unpaired) electrons. The Morgan fingerprint density at radius 1 is 1.18 bits per heavy atom. The first-order chi connectivity index (χ1) is 7.88. The van der Waals surface area contributed by atoms with Crippen LogP contribution < -0.4 is 5.73 Å². The Kier molecular flexibility index (Phi) is 3.12. The van der Waals surface area contributed by atoms with E-state index >= 15 is 0 Å². The van der Waals surface area contributed by atoms with E-state index in [2.05, 4.69) is 0 Å². The fourth-order valence-corrected chi connectivity index (χ4v) is 2.04. The Labute approximate surface area is 96.6 Å². The Morgan fingerprint density at radius 3 is 2.29 bits per heavy atom. The van der Waals surface area contributed by atoms with Gasteiger partial charge in [-0.1, -0.05) is 6.42 Å². The highest BCUT2D eigenvalue weighted by molar-refractivity contribution is 5.29. The zero-order valence-corrected chi connectivity index (χ0v) is 9.10. The number of hydrogen-bond donors (Lipinski definition) is 1. The minimum absolute atomic E-state index is 0.179. The van der Waals surface area contributed by atoms with Gasteiger partial charge in [0.15, 0.2) is 0 Å². The van der Waals surface area contributed by atoms with E-state index in [1.54, 1.807) is 0 Å². The van der Waals surface area contributed by atoms with E-state index in [1.165, 1.54) is 0 Å². The molecule has 17 heavy (non-hydrogen) atoms. The van der Waals surface area contributed by atoms with Crippen molar-refractivity contribution >= 4 is 0 Å². The van der Waals surface area contributed by atoms with Crippen LogP contribution in [0.25, 0.3) is 0 Å². The summed E-state index contributed by atoms with van der Waals surface area (Å²) in [7, 11) is 0. The number of hydrogen-bond acceptors (Lipinski definition) is 1. The van der Waals surface area contributed by atoms with Gasteiger partial charge in [0.25, 0.3) is 0 Å². The Bertz CT molecular complexity index is 409. The first-order valence-corrected chi connectivity index (χ1v) is 5.51. The predicted molar refractivity (Wildman–Crippen MR) is 55.7 cm³/mol. The lowest BCUT2D eigenvalue weighted by Gasteiger charge is -2.31. The molecule has 0 spiro atoms. The number of benzene rings is 1. The van der Waals surface area contributed by atoms with Crippen LogP contribution in [0.3, 0.4) is 0 Å². The average Bonchev–Trinajstić information content (AvgIpc) is 2.12. The van der Waals surface area contributed by atoms with Crippen molar-refractivity contribution in [3.63, 3.8) is 0 Å². The van der Waals surface area contributed by atoms with Gasteiger partial charge in [0.1, 0.15) is 5.82 Å². The second kappa shape index (κ2) is 4.29. The van der Waals surface area contributed by atoms with Crippen molar-refractivity contribution in [2.24, 2.45) is 11.7 Å². The molecular formula is C12H13F4N. The van der Waals surface area contributed by atoms with Crippen molar-refractivity contribution in [1.29, 1.82) is 0 Å². The normalized spacial score (nSPS) is 18.9. The summed E-state index contributed by atoms with van der Waals surface area (Å²) in [6.07, 6.45) is -1.69. The lowest BCUT2D eigenvalue weighted by molar-refractivity contribution is -0.137. The molecule has 2 rings (SSSR count). The van der Waals surface area contributed by atoms with Gasteiger partial charge in [-0.25, -0.2) is 4.39 Å². The maximum absolute atomic E-state index is 13.1. The zero-order valence-electron chi connectivity index (χ0n) is 9.10. The minimum atomic E-state index is -4.53. The summed E-state index contributed by atoms with van der Waals surface area (Å²) in [4.78, 5) is 0. The van der Waals surface area contributed by atoms with Gasteiger partial charge in [-0.05, 0) is 42.5 Å². The van der Waals surface area contributed by atoms with Gasteiger partial charge >= 0.3 is 6.18 Å². The molecule has 1 saturated carbocycles. The van der Waals surface area contributed by atoms with Crippen LogP contribution in [0.1, 0.15) is 36.4 Å². The second-order valence-electron chi connectivity index (χ2n) is 4.49. The predicted octanol–water partition coefficient (Wildman–Crippen LogP) is 3.64. The van der Waals surface area contributed by atoms with Gasteiger partial charge in [0, 0.05) is 6.04 Å². The van der Waals surface area contributed by atoms with Crippen LogP contribution in [-0.2, 0) is 6.18 Å². The Morgan fingerprint density at radius 2 is 1.82 bits per heavy atom. The molecule has 1 atom stereocenters. The van der Waals surface area contributed by atoms with Crippen molar-refractivity contribution in [2.45, 2.75) is 31.5 Å². The molecule has 1 fully saturated rings. The van der Waals surface area contributed by atoms with Gasteiger partial charge in [0.2, 0.25) is 0 Å². The van der Waals surface area contributed by atoms with Gasteiger partial charge in [0.05, 0.1) is 5.56 Å². The standard InChI is InChI=1S/C12H13F4N/c13-10-5-8(11(17)7-2-1-3-7)4-9(6-10)12(14,15)16/h4-7,11H,1-3,17H2/t11-/m0/s1. The van der Waals surface area contributed by atoms with Crippen molar-refractivity contribution < 1.29 is 17.6 Å². The summed E-state index contributed by atoms with van der Waals surface area (Å²) in [6.45, 7) is 0. The maximum Gasteiger partial charge on any atom is 0.416 e. The number of nitrogens with two attached hydrogens (primary N) is 1. The lowest BCUT2D eigenvalue weighted by Crippen LogP contribution is -2.27. The van der Waals surface area contributed by atoms with Crippen molar-refractivity contribution in [3.8, 4) is 0 Å². The van der Waals surface area contributed by atoms with Crippen LogP contribution in [0.4, 0.5) is 17.6 Å². The van der Waals surface area contributed by atoms with E-state index in [1.807, 2.05) is 0 Å². The topological polar surface area (TPSA) is 26.0 Å². The Balaban J connectivity index is 2.30. The van der Waals surface area contributed by atoms with E-state index < -0.39 is 23.6 Å². The molecule has 5 heteroatoms. The summed E-state index contributed by atoms with van der Waals surface area (Å²) in [5.41, 5.74) is 5.12. The maximum atomic E-state index is 13.1. The summed E-state index contributed by atoms with van der Waals surface area (Å²) >= 11 is 0. The molecule has 1 aliphatic carbocycles. The third-order valence-corrected chi connectivity index (χ3v) is 3.29. The molecule has 2 N–H and O–H groups in total. The molecule has 1 aliphatic rings. The van der Waals surface area contributed by atoms with Crippen LogP contribution >= 0.6 is 0 Å². The molecule has 0 saturated heterocycles. The zero-order chi connectivity index (χ0) is 12.6. The number of rotatable bonds is 2. The molecule has 0 aliphatic heterocycles. The molecule has 0 heterocycles. The van der Waals surface area contributed by atoms with Gasteiger partial charge in [-0.15, -0.1) is 0 Å².